The molecule has 0 aromatic heterocycles. The van der Waals surface area contributed by atoms with E-state index in [9.17, 15) is 9.59 Å². The Hall–Kier alpha value is -1.36. The number of fused-ring (bicyclic) bond motifs is 3. The molecule has 0 spiro atoms. The van der Waals surface area contributed by atoms with Gasteiger partial charge in [0.2, 0.25) is 11.8 Å². The summed E-state index contributed by atoms with van der Waals surface area (Å²) in [5, 5.41) is 2.65. The van der Waals surface area contributed by atoms with Crippen LogP contribution in [0.2, 0.25) is 0 Å². The van der Waals surface area contributed by atoms with Gasteiger partial charge in [0.15, 0.2) is 0 Å². The fourth-order valence-corrected chi connectivity index (χ4v) is 3.33. The molecule has 1 saturated heterocycles. The molecule has 0 bridgehead atoms. The molecule has 0 unspecified atom stereocenters. The van der Waals surface area contributed by atoms with Crippen molar-refractivity contribution in [1.82, 2.24) is 10.2 Å². The first-order chi connectivity index (χ1) is 8.66. The summed E-state index contributed by atoms with van der Waals surface area (Å²) in [4.78, 5) is 25.5. The van der Waals surface area contributed by atoms with Gasteiger partial charge in [0, 0.05) is 11.0 Å². The fourth-order valence-electron chi connectivity index (χ4n) is 2.75. The lowest BCUT2D eigenvalue weighted by molar-refractivity contribution is -0.132. The maximum Gasteiger partial charge on any atom is 0.242 e. The fraction of sp³-hybridized carbons (Fsp3) is 0.385. The normalized spacial score (nSPS) is 22.9. The van der Waals surface area contributed by atoms with Crippen LogP contribution in [0.25, 0.3) is 0 Å². The standard InChI is InChI=1S/C13H13BrN2O2/c14-10-3-1-2-9-8(10)4-5-16-11(9)6-12(17)15-7-13(16)18/h1-3,11H,4-7H2,(H,15,17)/t11-/m0/s1. The maximum atomic E-state index is 12.0. The molecule has 2 aliphatic heterocycles. The van der Waals surface area contributed by atoms with Crippen molar-refractivity contribution in [2.24, 2.45) is 0 Å². The number of nitrogens with zero attached hydrogens (tertiary/aromatic N) is 1. The molecule has 1 N–H and O–H groups in total. The minimum Gasteiger partial charge on any atom is -0.347 e. The van der Waals surface area contributed by atoms with Gasteiger partial charge >= 0.3 is 0 Å². The number of halogens is 1. The molecule has 1 aromatic rings. The SMILES string of the molecule is O=C1C[C@H]2c3cccc(Br)c3CCN2C(=O)CN1. The van der Waals surface area contributed by atoms with E-state index in [1.54, 1.807) is 0 Å². The van der Waals surface area contributed by atoms with Crippen molar-refractivity contribution in [1.29, 1.82) is 0 Å². The Morgan fingerprint density at radius 3 is 3.00 bits per heavy atom. The molecule has 4 nitrogen and oxygen atoms in total. The van der Waals surface area contributed by atoms with Crippen LogP contribution in [-0.4, -0.2) is 29.8 Å². The predicted octanol–water partition coefficient (Wildman–Crippen LogP) is 1.39. The molecule has 2 aliphatic rings. The van der Waals surface area contributed by atoms with E-state index in [-0.39, 0.29) is 24.4 Å². The number of carbonyl (C=O) groups is 2. The highest BCUT2D eigenvalue weighted by molar-refractivity contribution is 9.10. The summed E-state index contributed by atoms with van der Waals surface area (Å²) in [6.07, 6.45) is 1.20. The molecule has 2 amide bonds. The minimum absolute atomic E-state index is 0.0106. The molecule has 1 aromatic carbocycles. The van der Waals surface area contributed by atoms with E-state index in [4.69, 9.17) is 0 Å². The highest BCUT2D eigenvalue weighted by atomic mass is 79.9. The van der Waals surface area contributed by atoms with Crippen molar-refractivity contribution in [2.45, 2.75) is 18.9 Å². The molecular weight excluding hydrogens is 296 g/mol. The maximum absolute atomic E-state index is 12.0. The molecule has 5 heteroatoms. The van der Waals surface area contributed by atoms with Crippen molar-refractivity contribution in [3.05, 3.63) is 33.8 Å². The van der Waals surface area contributed by atoms with Crippen LogP contribution < -0.4 is 5.32 Å². The first-order valence-electron chi connectivity index (χ1n) is 6.00. The van der Waals surface area contributed by atoms with Gasteiger partial charge < -0.3 is 10.2 Å². The third-order valence-corrected chi connectivity index (χ3v) is 4.37. The van der Waals surface area contributed by atoms with E-state index in [1.165, 1.54) is 5.56 Å². The number of rotatable bonds is 0. The number of benzene rings is 1. The second-order valence-electron chi connectivity index (χ2n) is 4.64. The van der Waals surface area contributed by atoms with Crippen molar-refractivity contribution in [2.75, 3.05) is 13.1 Å². The minimum atomic E-state index is -0.110. The second-order valence-corrected chi connectivity index (χ2v) is 5.50. The number of amides is 2. The Bertz CT molecular complexity index is 530. The van der Waals surface area contributed by atoms with E-state index >= 15 is 0 Å². The molecule has 0 aliphatic carbocycles. The monoisotopic (exact) mass is 308 g/mol. The zero-order valence-corrected chi connectivity index (χ0v) is 11.4. The zero-order valence-electron chi connectivity index (χ0n) is 9.78. The summed E-state index contributed by atoms with van der Waals surface area (Å²) in [5.41, 5.74) is 2.32. The summed E-state index contributed by atoms with van der Waals surface area (Å²) in [6.45, 7) is 0.812. The van der Waals surface area contributed by atoms with Crippen molar-refractivity contribution >= 4 is 27.7 Å². The third-order valence-electron chi connectivity index (χ3n) is 3.63. The van der Waals surface area contributed by atoms with Gasteiger partial charge in [-0.3, -0.25) is 9.59 Å². The van der Waals surface area contributed by atoms with Gasteiger partial charge in [-0.15, -0.1) is 0 Å². The van der Waals surface area contributed by atoms with E-state index in [1.807, 2.05) is 23.1 Å². The summed E-state index contributed by atoms with van der Waals surface area (Å²) < 4.78 is 1.07. The topological polar surface area (TPSA) is 49.4 Å². The van der Waals surface area contributed by atoms with Crippen molar-refractivity contribution in [3.8, 4) is 0 Å². The van der Waals surface area contributed by atoms with Gasteiger partial charge in [0.05, 0.1) is 19.0 Å². The van der Waals surface area contributed by atoms with Crippen LogP contribution in [0.4, 0.5) is 0 Å². The zero-order chi connectivity index (χ0) is 12.7. The molecule has 3 rings (SSSR count). The summed E-state index contributed by atoms with van der Waals surface area (Å²) in [7, 11) is 0. The van der Waals surface area contributed by atoms with Crippen LogP contribution in [-0.2, 0) is 16.0 Å². The Balaban J connectivity index is 2.07. The van der Waals surface area contributed by atoms with E-state index < -0.39 is 0 Å². The molecule has 0 saturated carbocycles. The van der Waals surface area contributed by atoms with Crippen molar-refractivity contribution < 1.29 is 9.59 Å². The first kappa shape index (κ1) is 11.7. The average Bonchev–Trinajstić information content (AvgIpc) is 2.50. The third kappa shape index (κ3) is 1.82. The first-order valence-corrected chi connectivity index (χ1v) is 6.79. The van der Waals surface area contributed by atoms with E-state index in [2.05, 4.69) is 21.2 Å². The van der Waals surface area contributed by atoms with Crippen LogP contribution in [0, 0.1) is 0 Å². The van der Waals surface area contributed by atoms with Gasteiger partial charge in [0.1, 0.15) is 0 Å². The smallest absolute Gasteiger partial charge is 0.242 e. The number of nitrogens with one attached hydrogen (secondary N) is 1. The molecule has 1 fully saturated rings. The van der Waals surface area contributed by atoms with E-state index in [0.29, 0.717) is 13.0 Å². The summed E-state index contributed by atoms with van der Waals surface area (Å²) >= 11 is 3.54. The lowest BCUT2D eigenvalue weighted by Gasteiger charge is -2.35. The molecule has 18 heavy (non-hydrogen) atoms. The number of hydrogen-bond acceptors (Lipinski definition) is 2. The van der Waals surface area contributed by atoms with Crippen molar-refractivity contribution in [3.63, 3.8) is 0 Å². The van der Waals surface area contributed by atoms with Crippen LogP contribution in [0.15, 0.2) is 22.7 Å². The van der Waals surface area contributed by atoms with Crippen LogP contribution in [0.3, 0.4) is 0 Å². The predicted molar refractivity (Wildman–Crippen MR) is 69.9 cm³/mol. The Labute approximate surface area is 113 Å². The van der Waals surface area contributed by atoms with Gasteiger partial charge in [-0.05, 0) is 23.6 Å². The summed E-state index contributed by atoms with van der Waals surface area (Å²) in [5.74, 6) is -0.0415. The Kier molecular flexibility index (Phi) is 2.86. The Morgan fingerprint density at radius 1 is 1.33 bits per heavy atom. The molecule has 1 atom stereocenters. The second kappa shape index (κ2) is 4.39. The van der Waals surface area contributed by atoms with Gasteiger partial charge in [-0.25, -0.2) is 0 Å². The van der Waals surface area contributed by atoms with Gasteiger partial charge in [-0.2, -0.15) is 0 Å². The van der Waals surface area contributed by atoms with Gasteiger partial charge in [-0.1, -0.05) is 28.1 Å². The molecule has 2 heterocycles. The summed E-state index contributed by atoms with van der Waals surface area (Å²) in [6, 6.07) is 5.87. The lowest BCUT2D eigenvalue weighted by Crippen LogP contribution is -2.41. The van der Waals surface area contributed by atoms with Crippen LogP contribution in [0.5, 0.6) is 0 Å². The average molecular weight is 309 g/mol. The quantitative estimate of drug-likeness (QED) is 0.787. The highest BCUT2D eigenvalue weighted by Gasteiger charge is 2.35. The Morgan fingerprint density at radius 2 is 2.17 bits per heavy atom. The van der Waals surface area contributed by atoms with E-state index in [0.717, 1.165) is 16.5 Å². The van der Waals surface area contributed by atoms with Gasteiger partial charge in [0.25, 0.3) is 0 Å². The van der Waals surface area contributed by atoms with Crippen LogP contribution in [0.1, 0.15) is 23.6 Å². The molecule has 0 radical (unpaired) electrons. The highest BCUT2D eigenvalue weighted by Crippen LogP contribution is 2.36. The number of hydrogen-bond donors (Lipinski definition) is 1. The lowest BCUT2D eigenvalue weighted by atomic mass is 9.91. The molecule has 94 valence electrons. The van der Waals surface area contributed by atoms with Crippen LogP contribution >= 0.6 is 15.9 Å². The largest absolute Gasteiger partial charge is 0.347 e. The molecular formula is C13H13BrN2O2. The number of carbonyl (C=O) groups excluding carboxylic acids is 2.